The van der Waals surface area contributed by atoms with Crippen molar-refractivity contribution in [1.29, 1.82) is 0 Å². The molecule has 1 aromatic carbocycles. The number of hydrogen-bond acceptors (Lipinski definition) is 4. The first-order valence-corrected chi connectivity index (χ1v) is 6.79. The van der Waals surface area contributed by atoms with E-state index >= 15 is 0 Å². The number of nitrogens with zero attached hydrogens (tertiary/aromatic N) is 2. The average Bonchev–Trinajstić information content (AvgIpc) is 2.88. The summed E-state index contributed by atoms with van der Waals surface area (Å²) in [5, 5.41) is 3.94. The highest BCUT2D eigenvalue weighted by atomic mass is 79.9. The highest BCUT2D eigenvalue weighted by Crippen LogP contribution is 2.30. The van der Waals surface area contributed by atoms with Crippen molar-refractivity contribution in [3.8, 4) is 11.4 Å². The predicted octanol–water partition coefficient (Wildman–Crippen LogP) is 3.26. The maximum absolute atomic E-state index is 13.1. The lowest BCUT2D eigenvalue weighted by Gasteiger charge is -2.20. The number of rotatable bonds is 4. The summed E-state index contributed by atoms with van der Waals surface area (Å²) in [6, 6.07) is 4.34. The molecule has 0 radical (unpaired) electrons. The van der Waals surface area contributed by atoms with E-state index in [1.807, 2.05) is 13.8 Å². The number of halogens is 2. The van der Waals surface area contributed by atoms with Crippen LogP contribution < -0.4 is 5.73 Å². The Hall–Kier alpha value is -1.27. The van der Waals surface area contributed by atoms with Crippen LogP contribution in [-0.2, 0) is 5.41 Å². The number of benzene rings is 1. The smallest absolute Gasteiger partial charge is 0.234 e. The second-order valence-corrected chi connectivity index (χ2v) is 5.52. The molecular formula is C13H15BrFN3O. The van der Waals surface area contributed by atoms with E-state index in [2.05, 4.69) is 26.1 Å². The van der Waals surface area contributed by atoms with Gasteiger partial charge in [0.1, 0.15) is 5.82 Å². The summed E-state index contributed by atoms with van der Waals surface area (Å²) in [5.41, 5.74) is 6.11. The lowest BCUT2D eigenvalue weighted by molar-refractivity contribution is 0.291. The summed E-state index contributed by atoms with van der Waals surface area (Å²) in [4.78, 5) is 4.37. The Morgan fingerprint density at radius 1 is 1.47 bits per heavy atom. The van der Waals surface area contributed by atoms with Crippen LogP contribution in [0.2, 0.25) is 0 Å². The molecule has 0 fully saturated rings. The molecule has 0 aliphatic heterocycles. The third kappa shape index (κ3) is 2.69. The standard InChI is InChI=1S/C13H15BrFN3O/c1-3-13(2,7-16)12-17-11(18-19-12)9-5-4-8(15)6-10(9)14/h4-6H,3,7,16H2,1-2H3. The van der Waals surface area contributed by atoms with E-state index in [1.165, 1.54) is 12.1 Å². The van der Waals surface area contributed by atoms with E-state index in [0.717, 1.165) is 6.42 Å². The van der Waals surface area contributed by atoms with Gasteiger partial charge in [-0.2, -0.15) is 4.98 Å². The summed E-state index contributed by atoms with van der Waals surface area (Å²) in [6.07, 6.45) is 0.801. The van der Waals surface area contributed by atoms with Crippen molar-refractivity contribution in [3.05, 3.63) is 34.4 Å². The molecular weight excluding hydrogens is 313 g/mol. The van der Waals surface area contributed by atoms with Crippen LogP contribution in [-0.4, -0.2) is 16.7 Å². The van der Waals surface area contributed by atoms with Gasteiger partial charge in [-0.15, -0.1) is 0 Å². The van der Waals surface area contributed by atoms with Gasteiger partial charge in [-0.25, -0.2) is 4.39 Å². The molecule has 2 aromatic rings. The molecule has 1 atom stereocenters. The minimum atomic E-state index is -0.336. The molecule has 0 aliphatic carbocycles. The molecule has 2 N–H and O–H groups in total. The fraction of sp³-hybridized carbons (Fsp3) is 0.385. The van der Waals surface area contributed by atoms with Gasteiger partial charge in [0.2, 0.25) is 11.7 Å². The molecule has 19 heavy (non-hydrogen) atoms. The molecule has 0 amide bonds. The van der Waals surface area contributed by atoms with Crippen LogP contribution in [0.4, 0.5) is 4.39 Å². The molecule has 0 aliphatic rings. The fourth-order valence-electron chi connectivity index (χ4n) is 1.63. The molecule has 102 valence electrons. The summed E-state index contributed by atoms with van der Waals surface area (Å²) in [6.45, 7) is 4.42. The van der Waals surface area contributed by atoms with Crippen molar-refractivity contribution in [2.45, 2.75) is 25.7 Å². The first-order chi connectivity index (χ1) is 9.00. The zero-order valence-corrected chi connectivity index (χ0v) is 12.4. The van der Waals surface area contributed by atoms with Crippen molar-refractivity contribution in [2.24, 2.45) is 5.73 Å². The Bertz CT molecular complexity index is 581. The molecule has 0 bridgehead atoms. The Morgan fingerprint density at radius 2 is 2.21 bits per heavy atom. The van der Waals surface area contributed by atoms with E-state index in [4.69, 9.17) is 10.3 Å². The van der Waals surface area contributed by atoms with Crippen LogP contribution in [0.25, 0.3) is 11.4 Å². The van der Waals surface area contributed by atoms with Gasteiger partial charge in [0.15, 0.2) is 0 Å². The van der Waals surface area contributed by atoms with Gasteiger partial charge in [0, 0.05) is 16.6 Å². The lowest BCUT2D eigenvalue weighted by Crippen LogP contribution is -2.31. The van der Waals surface area contributed by atoms with Gasteiger partial charge in [-0.05, 0) is 47.5 Å². The summed E-state index contributed by atoms with van der Waals surface area (Å²) in [7, 11) is 0. The van der Waals surface area contributed by atoms with Crippen molar-refractivity contribution < 1.29 is 8.91 Å². The van der Waals surface area contributed by atoms with Crippen LogP contribution in [0.1, 0.15) is 26.2 Å². The Kier molecular flexibility index (Phi) is 4.01. The van der Waals surface area contributed by atoms with Crippen LogP contribution >= 0.6 is 15.9 Å². The van der Waals surface area contributed by atoms with Crippen LogP contribution in [0.15, 0.2) is 27.2 Å². The molecule has 1 aromatic heterocycles. The van der Waals surface area contributed by atoms with Crippen LogP contribution in [0, 0.1) is 5.82 Å². The van der Waals surface area contributed by atoms with E-state index < -0.39 is 0 Å². The van der Waals surface area contributed by atoms with Gasteiger partial charge in [0.05, 0.1) is 5.41 Å². The second kappa shape index (κ2) is 5.38. The zero-order valence-electron chi connectivity index (χ0n) is 10.8. The maximum Gasteiger partial charge on any atom is 0.234 e. The molecule has 0 saturated heterocycles. The van der Waals surface area contributed by atoms with Crippen molar-refractivity contribution in [1.82, 2.24) is 10.1 Å². The Labute approximate surface area is 119 Å². The van der Waals surface area contributed by atoms with Gasteiger partial charge >= 0.3 is 0 Å². The summed E-state index contributed by atoms with van der Waals surface area (Å²) < 4.78 is 18.9. The van der Waals surface area contributed by atoms with E-state index in [1.54, 1.807) is 6.07 Å². The quantitative estimate of drug-likeness (QED) is 0.935. The molecule has 1 heterocycles. The SMILES string of the molecule is CCC(C)(CN)c1nc(-c2ccc(F)cc2Br)no1. The third-order valence-electron chi connectivity index (χ3n) is 3.35. The first kappa shape index (κ1) is 14.1. The molecule has 6 heteroatoms. The Morgan fingerprint density at radius 3 is 2.79 bits per heavy atom. The van der Waals surface area contributed by atoms with Crippen LogP contribution in [0.5, 0.6) is 0 Å². The first-order valence-electron chi connectivity index (χ1n) is 6.00. The average molecular weight is 328 g/mol. The monoisotopic (exact) mass is 327 g/mol. The van der Waals surface area contributed by atoms with E-state index in [0.29, 0.717) is 28.3 Å². The van der Waals surface area contributed by atoms with Crippen molar-refractivity contribution in [3.63, 3.8) is 0 Å². The third-order valence-corrected chi connectivity index (χ3v) is 4.00. The fourth-order valence-corrected chi connectivity index (χ4v) is 2.16. The van der Waals surface area contributed by atoms with Gasteiger partial charge < -0.3 is 10.3 Å². The molecule has 2 rings (SSSR count). The van der Waals surface area contributed by atoms with Gasteiger partial charge in [0.25, 0.3) is 0 Å². The predicted molar refractivity (Wildman–Crippen MR) is 74.1 cm³/mol. The second-order valence-electron chi connectivity index (χ2n) is 4.67. The highest BCUT2D eigenvalue weighted by molar-refractivity contribution is 9.10. The van der Waals surface area contributed by atoms with E-state index in [-0.39, 0.29) is 11.2 Å². The van der Waals surface area contributed by atoms with Crippen molar-refractivity contribution in [2.75, 3.05) is 6.54 Å². The maximum atomic E-state index is 13.1. The number of hydrogen-bond donors (Lipinski definition) is 1. The molecule has 4 nitrogen and oxygen atoms in total. The zero-order chi connectivity index (χ0) is 14.0. The molecule has 0 spiro atoms. The van der Waals surface area contributed by atoms with Crippen LogP contribution in [0.3, 0.4) is 0 Å². The van der Waals surface area contributed by atoms with Crippen molar-refractivity contribution >= 4 is 15.9 Å². The minimum Gasteiger partial charge on any atom is -0.338 e. The lowest BCUT2D eigenvalue weighted by atomic mass is 9.88. The Balaban J connectivity index is 2.41. The molecule has 0 saturated carbocycles. The van der Waals surface area contributed by atoms with Gasteiger partial charge in [-0.3, -0.25) is 0 Å². The number of nitrogens with two attached hydrogens (primary N) is 1. The largest absolute Gasteiger partial charge is 0.338 e. The number of aromatic nitrogens is 2. The topological polar surface area (TPSA) is 64.9 Å². The molecule has 1 unspecified atom stereocenters. The summed E-state index contributed by atoms with van der Waals surface area (Å²) in [5.74, 6) is 0.610. The van der Waals surface area contributed by atoms with E-state index in [9.17, 15) is 4.39 Å². The highest BCUT2D eigenvalue weighted by Gasteiger charge is 2.30. The van der Waals surface area contributed by atoms with Gasteiger partial charge in [-0.1, -0.05) is 12.1 Å². The minimum absolute atomic E-state index is 0.320. The summed E-state index contributed by atoms with van der Waals surface area (Å²) >= 11 is 3.29. The normalized spacial score (nSPS) is 14.4.